The molecule has 4 nitrogen and oxygen atoms in total. The molecule has 116 valence electrons. The van der Waals surface area contributed by atoms with E-state index < -0.39 is 0 Å². The summed E-state index contributed by atoms with van der Waals surface area (Å²) in [6, 6.07) is 19.6. The van der Waals surface area contributed by atoms with Crippen LogP contribution in [0, 0.1) is 0 Å². The standard InChI is InChI=1S/C19H18N2O2/c22-13-19(14-6-2-1-3-7-14)11-21(12-19)17-10-18(23)20-16-9-5-4-8-15(16)17/h1-10,22H,11-13H2,(H,20,23). The summed E-state index contributed by atoms with van der Waals surface area (Å²) in [6.45, 7) is 1.52. The molecule has 0 saturated carbocycles. The quantitative estimate of drug-likeness (QED) is 0.780. The van der Waals surface area contributed by atoms with Gasteiger partial charge in [-0.1, -0.05) is 48.5 Å². The Morgan fingerprint density at radius 1 is 1.04 bits per heavy atom. The lowest BCUT2D eigenvalue weighted by atomic mass is 9.74. The molecule has 2 N–H and O–H groups in total. The number of aliphatic hydroxyl groups excluding tert-OH is 1. The minimum absolute atomic E-state index is 0.0973. The Balaban J connectivity index is 1.71. The second-order valence-electron chi connectivity index (χ2n) is 6.22. The van der Waals surface area contributed by atoms with Crippen molar-refractivity contribution in [2.24, 2.45) is 0 Å². The Labute approximate surface area is 134 Å². The van der Waals surface area contributed by atoms with E-state index in [1.165, 1.54) is 0 Å². The van der Waals surface area contributed by atoms with E-state index in [-0.39, 0.29) is 17.6 Å². The van der Waals surface area contributed by atoms with Gasteiger partial charge in [-0.3, -0.25) is 4.79 Å². The van der Waals surface area contributed by atoms with Gasteiger partial charge in [0, 0.05) is 24.5 Å². The largest absolute Gasteiger partial charge is 0.395 e. The van der Waals surface area contributed by atoms with E-state index in [1.54, 1.807) is 6.07 Å². The number of benzene rings is 2. The minimum atomic E-state index is -0.245. The number of H-pyrrole nitrogens is 1. The zero-order valence-electron chi connectivity index (χ0n) is 12.7. The monoisotopic (exact) mass is 306 g/mol. The SMILES string of the molecule is O=c1cc(N2CC(CO)(c3ccccc3)C2)c2ccccc2[nH]1. The van der Waals surface area contributed by atoms with E-state index in [4.69, 9.17) is 0 Å². The van der Waals surface area contributed by atoms with Crippen molar-refractivity contribution >= 4 is 16.6 Å². The zero-order chi connectivity index (χ0) is 15.9. The number of hydrogen-bond acceptors (Lipinski definition) is 3. The van der Waals surface area contributed by atoms with Gasteiger partial charge in [0.15, 0.2) is 0 Å². The van der Waals surface area contributed by atoms with Crippen LogP contribution in [0.4, 0.5) is 5.69 Å². The number of pyridine rings is 1. The smallest absolute Gasteiger partial charge is 0.250 e. The molecule has 2 aromatic carbocycles. The molecule has 3 aromatic rings. The summed E-state index contributed by atoms with van der Waals surface area (Å²) in [5.74, 6) is 0. The fraction of sp³-hybridized carbons (Fsp3) is 0.211. The fourth-order valence-corrected chi connectivity index (χ4v) is 3.47. The molecule has 1 aliphatic heterocycles. The maximum absolute atomic E-state index is 11.9. The average molecular weight is 306 g/mol. The number of nitrogens with zero attached hydrogens (tertiary/aromatic N) is 1. The summed E-state index contributed by atoms with van der Waals surface area (Å²) in [5, 5.41) is 11.0. The molecule has 2 heterocycles. The number of aromatic amines is 1. The number of aliphatic hydroxyl groups is 1. The summed E-state index contributed by atoms with van der Waals surface area (Å²) in [6.07, 6.45) is 0. The van der Waals surface area contributed by atoms with Crippen LogP contribution in [0.25, 0.3) is 10.9 Å². The topological polar surface area (TPSA) is 56.3 Å². The number of hydrogen-bond donors (Lipinski definition) is 2. The van der Waals surface area contributed by atoms with Crippen molar-refractivity contribution in [1.29, 1.82) is 0 Å². The molecular weight excluding hydrogens is 288 g/mol. The first-order valence-electron chi connectivity index (χ1n) is 7.75. The van der Waals surface area contributed by atoms with Crippen molar-refractivity contribution in [3.63, 3.8) is 0 Å². The van der Waals surface area contributed by atoms with Crippen molar-refractivity contribution in [2.45, 2.75) is 5.41 Å². The summed E-state index contributed by atoms with van der Waals surface area (Å²) in [5.41, 5.74) is 2.58. The van der Waals surface area contributed by atoms with Crippen LogP contribution in [0.1, 0.15) is 5.56 Å². The number of aromatic nitrogens is 1. The first-order valence-corrected chi connectivity index (χ1v) is 7.75. The minimum Gasteiger partial charge on any atom is -0.395 e. The second kappa shape index (κ2) is 5.25. The van der Waals surface area contributed by atoms with E-state index in [1.807, 2.05) is 42.5 Å². The third-order valence-corrected chi connectivity index (χ3v) is 4.75. The van der Waals surface area contributed by atoms with E-state index in [9.17, 15) is 9.90 Å². The van der Waals surface area contributed by atoms with Gasteiger partial charge in [-0.15, -0.1) is 0 Å². The molecule has 0 radical (unpaired) electrons. The molecule has 0 atom stereocenters. The Morgan fingerprint density at radius 2 is 1.74 bits per heavy atom. The van der Waals surface area contributed by atoms with Gasteiger partial charge in [0.05, 0.1) is 23.2 Å². The molecule has 23 heavy (non-hydrogen) atoms. The van der Waals surface area contributed by atoms with Gasteiger partial charge >= 0.3 is 0 Å². The van der Waals surface area contributed by atoms with Gasteiger partial charge < -0.3 is 15.0 Å². The van der Waals surface area contributed by atoms with Gasteiger partial charge in [-0.25, -0.2) is 0 Å². The highest BCUT2D eigenvalue weighted by molar-refractivity contribution is 5.92. The summed E-state index contributed by atoms with van der Waals surface area (Å²) >= 11 is 0. The second-order valence-corrected chi connectivity index (χ2v) is 6.22. The highest BCUT2D eigenvalue weighted by Crippen LogP contribution is 2.39. The van der Waals surface area contributed by atoms with E-state index in [2.05, 4.69) is 22.0 Å². The molecule has 1 aromatic heterocycles. The number of rotatable bonds is 3. The van der Waals surface area contributed by atoms with Crippen LogP contribution in [0.3, 0.4) is 0 Å². The van der Waals surface area contributed by atoms with Crippen LogP contribution in [-0.4, -0.2) is 29.8 Å². The van der Waals surface area contributed by atoms with Crippen LogP contribution in [-0.2, 0) is 5.41 Å². The van der Waals surface area contributed by atoms with E-state index >= 15 is 0 Å². The van der Waals surface area contributed by atoms with Crippen molar-refractivity contribution in [1.82, 2.24) is 4.98 Å². The predicted molar refractivity (Wildman–Crippen MR) is 92.0 cm³/mol. The van der Waals surface area contributed by atoms with Gasteiger partial charge in [0.2, 0.25) is 5.56 Å². The normalized spacial score (nSPS) is 16.3. The molecule has 1 fully saturated rings. The predicted octanol–water partition coefficient (Wildman–Crippen LogP) is 2.28. The lowest BCUT2D eigenvalue weighted by Crippen LogP contribution is -2.61. The van der Waals surface area contributed by atoms with E-state index in [0.29, 0.717) is 13.1 Å². The van der Waals surface area contributed by atoms with Gasteiger partial charge in [-0.05, 0) is 11.6 Å². The van der Waals surface area contributed by atoms with Crippen LogP contribution < -0.4 is 10.5 Å². The van der Waals surface area contributed by atoms with E-state index in [0.717, 1.165) is 22.2 Å². The van der Waals surface area contributed by atoms with Crippen molar-refractivity contribution in [3.05, 3.63) is 76.6 Å². The molecule has 0 unspecified atom stereocenters. The Bertz CT molecular complexity index is 896. The number of fused-ring (bicyclic) bond motifs is 1. The average Bonchev–Trinajstić information content (AvgIpc) is 2.55. The Hall–Kier alpha value is -2.59. The number of para-hydroxylation sites is 1. The lowest BCUT2D eigenvalue weighted by molar-refractivity contribution is 0.162. The van der Waals surface area contributed by atoms with Gasteiger partial charge in [0.1, 0.15) is 0 Å². The van der Waals surface area contributed by atoms with Crippen LogP contribution in [0.2, 0.25) is 0 Å². The van der Waals surface area contributed by atoms with Crippen LogP contribution >= 0.6 is 0 Å². The maximum Gasteiger partial charge on any atom is 0.250 e. The summed E-state index contributed by atoms with van der Waals surface area (Å²) in [7, 11) is 0. The molecular formula is C19H18N2O2. The fourth-order valence-electron chi connectivity index (χ4n) is 3.47. The first kappa shape index (κ1) is 14.0. The molecule has 0 amide bonds. The maximum atomic E-state index is 11.9. The lowest BCUT2D eigenvalue weighted by Gasteiger charge is -2.51. The number of anilines is 1. The third kappa shape index (κ3) is 2.23. The van der Waals surface area contributed by atoms with Gasteiger partial charge in [0.25, 0.3) is 0 Å². The van der Waals surface area contributed by atoms with Crippen LogP contribution in [0.15, 0.2) is 65.5 Å². The molecule has 4 rings (SSSR count). The first-order chi connectivity index (χ1) is 11.2. The Morgan fingerprint density at radius 3 is 2.48 bits per heavy atom. The molecule has 1 saturated heterocycles. The van der Waals surface area contributed by atoms with Crippen molar-refractivity contribution in [3.8, 4) is 0 Å². The highest BCUT2D eigenvalue weighted by Gasteiger charge is 2.44. The number of nitrogens with one attached hydrogen (secondary N) is 1. The highest BCUT2D eigenvalue weighted by atomic mass is 16.3. The van der Waals surface area contributed by atoms with Gasteiger partial charge in [-0.2, -0.15) is 0 Å². The molecule has 0 bridgehead atoms. The van der Waals surface area contributed by atoms with Crippen LogP contribution in [0.5, 0.6) is 0 Å². The van der Waals surface area contributed by atoms with Crippen molar-refractivity contribution < 1.29 is 5.11 Å². The Kier molecular flexibility index (Phi) is 3.20. The molecule has 0 aliphatic carbocycles. The molecule has 0 spiro atoms. The molecule has 4 heteroatoms. The summed E-state index contributed by atoms with van der Waals surface area (Å²) in [4.78, 5) is 17.0. The van der Waals surface area contributed by atoms with Crippen molar-refractivity contribution in [2.75, 3.05) is 24.6 Å². The third-order valence-electron chi connectivity index (χ3n) is 4.75. The summed E-state index contributed by atoms with van der Waals surface area (Å²) < 4.78 is 0. The zero-order valence-corrected chi connectivity index (χ0v) is 12.7. The molecule has 1 aliphatic rings.